The van der Waals surface area contributed by atoms with Crippen LogP contribution in [-0.2, 0) is 4.79 Å². The number of fused-ring (bicyclic) bond motifs is 1. The van der Waals surface area contributed by atoms with Crippen LogP contribution in [0, 0.1) is 5.41 Å². The van der Waals surface area contributed by atoms with Crippen molar-refractivity contribution in [1.29, 1.82) is 0 Å². The lowest BCUT2D eigenvalue weighted by Gasteiger charge is -2.22. The van der Waals surface area contributed by atoms with Crippen LogP contribution < -0.4 is 16.4 Å². The Morgan fingerprint density at radius 2 is 2.32 bits per heavy atom. The first-order valence-corrected chi connectivity index (χ1v) is 6.01. The summed E-state index contributed by atoms with van der Waals surface area (Å²) in [5.74, 6) is 0.584. The molecule has 3 heterocycles. The number of aromatic nitrogens is 4. The van der Waals surface area contributed by atoms with E-state index in [2.05, 4.69) is 20.2 Å². The van der Waals surface area contributed by atoms with Crippen LogP contribution >= 0.6 is 0 Å². The largest absolute Gasteiger partial charge is 0.369 e. The molecule has 1 aliphatic heterocycles. The highest BCUT2D eigenvalue weighted by Crippen LogP contribution is 2.34. The van der Waals surface area contributed by atoms with Crippen molar-refractivity contribution in [2.24, 2.45) is 11.1 Å². The van der Waals surface area contributed by atoms with Gasteiger partial charge in [-0.3, -0.25) is 9.89 Å². The molecule has 8 heteroatoms. The van der Waals surface area contributed by atoms with Crippen LogP contribution in [0.5, 0.6) is 0 Å². The van der Waals surface area contributed by atoms with Crippen LogP contribution in [0.3, 0.4) is 0 Å². The highest BCUT2D eigenvalue weighted by Gasteiger charge is 2.40. The number of hydrogen-bond donors (Lipinski definition) is 3. The molecule has 0 aromatic carbocycles. The normalized spacial score (nSPS) is 23.1. The predicted molar refractivity (Wildman–Crippen MR) is 70.2 cm³/mol. The number of nitrogen functional groups attached to an aromatic ring is 1. The molecule has 2 aromatic heterocycles. The minimum absolute atomic E-state index is 0.180. The fraction of sp³-hybridized carbons (Fsp3) is 0.455. The van der Waals surface area contributed by atoms with Crippen molar-refractivity contribution < 1.29 is 4.79 Å². The first-order valence-electron chi connectivity index (χ1n) is 6.01. The fourth-order valence-electron chi connectivity index (χ4n) is 2.42. The summed E-state index contributed by atoms with van der Waals surface area (Å²) in [5, 5.41) is 7.51. The molecule has 0 spiro atoms. The molecule has 19 heavy (non-hydrogen) atoms. The molecule has 0 bridgehead atoms. The van der Waals surface area contributed by atoms with E-state index in [0.717, 1.165) is 5.39 Å². The number of carbonyl (C=O) groups excluding carboxylic acids is 1. The molecule has 1 saturated heterocycles. The zero-order valence-electron chi connectivity index (χ0n) is 10.6. The summed E-state index contributed by atoms with van der Waals surface area (Å²) < 4.78 is 0. The summed E-state index contributed by atoms with van der Waals surface area (Å²) in [5.41, 5.74) is 11.2. The van der Waals surface area contributed by atoms with E-state index in [1.807, 2.05) is 11.8 Å². The van der Waals surface area contributed by atoms with Crippen LogP contribution in [-0.4, -0.2) is 39.2 Å². The van der Waals surface area contributed by atoms with Crippen molar-refractivity contribution in [2.45, 2.75) is 13.3 Å². The summed E-state index contributed by atoms with van der Waals surface area (Å²) >= 11 is 0. The third kappa shape index (κ3) is 1.76. The lowest BCUT2D eigenvalue weighted by molar-refractivity contribution is -0.125. The van der Waals surface area contributed by atoms with Crippen molar-refractivity contribution >= 4 is 28.7 Å². The number of aromatic amines is 1. The second-order valence-corrected chi connectivity index (χ2v) is 5.13. The van der Waals surface area contributed by atoms with Gasteiger partial charge in [-0.1, -0.05) is 0 Å². The van der Waals surface area contributed by atoms with Gasteiger partial charge in [-0.25, -0.2) is 0 Å². The number of rotatable bonds is 2. The van der Waals surface area contributed by atoms with Crippen LogP contribution in [0.4, 0.5) is 11.8 Å². The van der Waals surface area contributed by atoms with Crippen molar-refractivity contribution in [3.63, 3.8) is 0 Å². The van der Waals surface area contributed by atoms with E-state index in [1.54, 1.807) is 6.20 Å². The van der Waals surface area contributed by atoms with Crippen molar-refractivity contribution in [3.05, 3.63) is 6.20 Å². The number of H-pyrrole nitrogens is 1. The average molecular weight is 261 g/mol. The molecule has 1 aliphatic rings. The molecule has 1 amide bonds. The number of nitrogens with zero attached hydrogens (tertiary/aromatic N) is 4. The SMILES string of the molecule is CC1(C(N)=O)CCN(c2nc(N)nc3[nH]ncc23)C1. The monoisotopic (exact) mass is 261 g/mol. The van der Waals surface area contributed by atoms with Crippen molar-refractivity contribution in [3.8, 4) is 0 Å². The number of hydrogen-bond acceptors (Lipinski definition) is 6. The third-order valence-corrected chi connectivity index (χ3v) is 3.67. The Balaban J connectivity index is 2.02. The molecular formula is C11H15N7O. The van der Waals surface area contributed by atoms with Gasteiger partial charge < -0.3 is 16.4 Å². The predicted octanol–water partition coefficient (Wildman–Crippen LogP) is -0.363. The number of carbonyl (C=O) groups is 1. The summed E-state index contributed by atoms with van der Waals surface area (Å²) in [7, 11) is 0. The van der Waals surface area contributed by atoms with E-state index in [4.69, 9.17) is 11.5 Å². The maximum Gasteiger partial charge on any atom is 0.225 e. The maximum atomic E-state index is 11.5. The van der Waals surface area contributed by atoms with Gasteiger partial charge in [-0.2, -0.15) is 15.1 Å². The van der Waals surface area contributed by atoms with E-state index < -0.39 is 5.41 Å². The van der Waals surface area contributed by atoms with E-state index >= 15 is 0 Å². The second-order valence-electron chi connectivity index (χ2n) is 5.13. The lowest BCUT2D eigenvalue weighted by Crippen LogP contribution is -2.37. The summed E-state index contributed by atoms with van der Waals surface area (Å²) in [6.07, 6.45) is 2.36. The quantitative estimate of drug-likeness (QED) is 0.677. The Morgan fingerprint density at radius 3 is 3.00 bits per heavy atom. The number of amides is 1. The molecule has 1 fully saturated rings. The molecule has 100 valence electrons. The smallest absolute Gasteiger partial charge is 0.225 e. The first-order chi connectivity index (χ1) is 8.99. The highest BCUT2D eigenvalue weighted by molar-refractivity contribution is 5.89. The average Bonchev–Trinajstić information content (AvgIpc) is 2.95. The molecule has 1 unspecified atom stereocenters. The Morgan fingerprint density at radius 1 is 1.53 bits per heavy atom. The van der Waals surface area contributed by atoms with E-state index in [1.165, 1.54) is 0 Å². The van der Waals surface area contributed by atoms with Gasteiger partial charge in [-0.05, 0) is 13.3 Å². The van der Waals surface area contributed by atoms with Gasteiger partial charge in [0.25, 0.3) is 0 Å². The van der Waals surface area contributed by atoms with E-state index in [0.29, 0.717) is 31.0 Å². The standard InChI is InChI=1S/C11H15N7O/c1-11(9(12)19)2-3-18(5-11)8-6-4-14-17-7(6)15-10(13)16-8/h4H,2-3,5H2,1H3,(H2,12,19)(H3,13,14,15,16,17). The summed E-state index contributed by atoms with van der Waals surface area (Å²) in [4.78, 5) is 21.8. The van der Waals surface area contributed by atoms with Gasteiger partial charge in [0.1, 0.15) is 5.82 Å². The zero-order valence-corrected chi connectivity index (χ0v) is 10.6. The van der Waals surface area contributed by atoms with E-state index in [-0.39, 0.29) is 11.9 Å². The number of nitrogens with one attached hydrogen (secondary N) is 1. The molecule has 0 radical (unpaired) electrons. The molecule has 2 aromatic rings. The molecule has 3 rings (SSSR count). The fourth-order valence-corrected chi connectivity index (χ4v) is 2.42. The minimum Gasteiger partial charge on any atom is -0.369 e. The van der Waals surface area contributed by atoms with Gasteiger partial charge in [0, 0.05) is 13.1 Å². The number of nitrogens with two attached hydrogens (primary N) is 2. The zero-order chi connectivity index (χ0) is 13.6. The number of primary amides is 1. The first kappa shape index (κ1) is 11.7. The minimum atomic E-state index is -0.532. The Kier molecular flexibility index (Phi) is 2.34. The third-order valence-electron chi connectivity index (χ3n) is 3.67. The second kappa shape index (κ2) is 3.81. The molecule has 0 saturated carbocycles. The van der Waals surface area contributed by atoms with Gasteiger partial charge >= 0.3 is 0 Å². The topological polar surface area (TPSA) is 127 Å². The van der Waals surface area contributed by atoms with Gasteiger partial charge in [0.2, 0.25) is 11.9 Å². The molecule has 8 nitrogen and oxygen atoms in total. The van der Waals surface area contributed by atoms with Crippen LogP contribution in [0.1, 0.15) is 13.3 Å². The Bertz CT molecular complexity index is 652. The van der Waals surface area contributed by atoms with Crippen molar-refractivity contribution in [1.82, 2.24) is 20.2 Å². The lowest BCUT2D eigenvalue weighted by atomic mass is 9.89. The molecule has 5 N–H and O–H groups in total. The summed E-state index contributed by atoms with van der Waals surface area (Å²) in [6, 6.07) is 0. The number of anilines is 2. The highest BCUT2D eigenvalue weighted by atomic mass is 16.1. The van der Waals surface area contributed by atoms with E-state index in [9.17, 15) is 4.79 Å². The van der Waals surface area contributed by atoms with Crippen molar-refractivity contribution in [2.75, 3.05) is 23.7 Å². The van der Waals surface area contributed by atoms with Gasteiger partial charge in [0.15, 0.2) is 5.65 Å². The molecule has 1 atom stereocenters. The summed E-state index contributed by atoms with van der Waals surface area (Å²) in [6.45, 7) is 3.10. The van der Waals surface area contributed by atoms with Crippen LogP contribution in [0.15, 0.2) is 6.20 Å². The maximum absolute atomic E-state index is 11.5. The Hall–Kier alpha value is -2.38. The van der Waals surface area contributed by atoms with Crippen LogP contribution in [0.25, 0.3) is 11.0 Å². The van der Waals surface area contributed by atoms with Gasteiger partial charge in [-0.15, -0.1) is 0 Å². The molecular weight excluding hydrogens is 246 g/mol. The van der Waals surface area contributed by atoms with Gasteiger partial charge in [0.05, 0.1) is 17.0 Å². The van der Waals surface area contributed by atoms with Crippen LogP contribution in [0.2, 0.25) is 0 Å². The molecule has 0 aliphatic carbocycles. The Labute approximate surface area is 109 Å².